The lowest BCUT2D eigenvalue weighted by atomic mass is 10.3. The van der Waals surface area contributed by atoms with E-state index in [1.807, 2.05) is 19.9 Å². The van der Waals surface area contributed by atoms with Gasteiger partial charge in [-0.25, -0.2) is 13.1 Å². The Morgan fingerprint density at radius 3 is 2.67 bits per heavy atom. The zero-order chi connectivity index (χ0) is 13.6. The van der Waals surface area contributed by atoms with Gasteiger partial charge in [0.25, 0.3) is 0 Å². The number of rotatable bonds is 8. The molecule has 2 N–H and O–H groups in total. The fraction of sp³-hybridized carbons (Fsp3) is 0.636. The van der Waals surface area contributed by atoms with Gasteiger partial charge in [0, 0.05) is 11.4 Å². The fourth-order valence-electron chi connectivity index (χ4n) is 1.46. The predicted molar refractivity (Wildman–Crippen MR) is 77.8 cm³/mol. The van der Waals surface area contributed by atoms with Crippen molar-refractivity contribution in [2.75, 3.05) is 18.8 Å². The maximum Gasteiger partial charge on any atom is 0.213 e. The van der Waals surface area contributed by atoms with Crippen molar-refractivity contribution in [3.05, 3.63) is 21.3 Å². The number of sulfonamides is 1. The summed E-state index contributed by atoms with van der Waals surface area (Å²) in [5.74, 6) is 0.0937. The Bertz CT molecular complexity index is 459. The summed E-state index contributed by atoms with van der Waals surface area (Å²) in [6.45, 7) is 5.17. The summed E-state index contributed by atoms with van der Waals surface area (Å²) in [6.07, 6.45) is 0.998. The summed E-state index contributed by atoms with van der Waals surface area (Å²) < 4.78 is 26.9. The number of hydrogen-bond acceptors (Lipinski definition) is 4. The molecule has 1 aromatic rings. The molecule has 0 aliphatic carbocycles. The minimum Gasteiger partial charge on any atom is -0.316 e. The molecule has 7 heteroatoms. The van der Waals surface area contributed by atoms with E-state index in [0.29, 0.717) is 10.9 Å². The molecule has 1 aromatic heterocycles. The molecule has 18 heavy (non-hydrogen) atoms. The van der Waals surface area contributed by atoms with Crippen LogP contribution in [0.5, 0.6) is 0 Å². The van der Waals surface area contributed by atoms with Gasteiger partial charge in [-0.2, -0.15) is 0 Å². The zero-order valence-electron chi connectivity index (χ0n) is 10.6. The summed E-state index contributed by atoms with van der Waals surface area (Å²) in [5.41, 5.74) is 0. The molecule has 1 unspecified atom stereocenters. The highest BCUT2D eigenvalue weighted by Crippen LogP contribution is 2.26. The van der Waals surface area contributed by atoms with E-state index >= 15 is 0 Å². The fourth-order valence-corrected chi connectivity index (χ4v) is 3.79. The Kier molecular flexibility index (Phi) is 6.59. The molecule has 0 spiro atoms. The van der Waals surface area contributed by atoms with Crippen LogP contribution in [0.1, 0.15) is 31.2 Å². The first-order valence-electron chi connectivity index (χ1n) is 5.90. The molecule has 0 radical (unpaired) electrons. The van der Waals surface area contributed by atoms with Crippen LogP contribution in [0.2, 0.25) is 4.34 Å². The highest BCUT2D eigenvalue weighted by molar-refractivity contribution is 7.89. The largest absolute Gasteiger partial charge is 0.316 e. The van der Waals surface area contributed by atoms with Gasteiger partial charge in [-0.05, 0) is 32.0 Å². The molecule has 4 nitrogen and oxygen atoms in total. The van der Waals surface area contributed by atoms with Crippen LogP contribution in [-0.2, 0) is 10.0 Å². The van der Waals surface area contributed by atoms with Gasteiger partial charge < -0.3 is 5.32 Å². The van der Waals surface area contributed by atoms with E-state index in [0.717, 1.165) is 17.8 Å². The van der Waals surface area contributed by atoms with Crippen LogP contribution in [-0.4, -0.2) is 27.3 Å². The molecular formula is C11H19ClN2O2S2. The van der Waals surface area contributed by atoms with E-state index in [-0.39, 0.29) is 11.8 Å². The molecule has 0 aliphatic heterocycles. The number of nitrogens with one attached hydrogen (secondary N) is 2. The van der Waals surface area contributed by atoms with Crippen molar-refractivity contribution in [2.45, 2.75) is 26.3 Å². The highest BCUT2D eigenvalue weighted by Gasteiger charge is 2.16. The first kappa shape index (κ1) is 15.9. The van der Waals surface area contributed by atoms with Gasteiger partial charge in [0.2, 0.25) is 10.0 Å². The van der Waals surface area contributed by atoms with Crippen molar-refractivity contribution >= 4 is 33.0 Å². The van der Waals surface area contributed by atoms with Gasteiger partial charge in [0.15, 0.2) is 0 Å². The third kappa shape index (κ3) is 5.67. The highest BCUT2D eigenvalue weighted by atomic mass is 35.5. The van der Waals surface area contributed by atoms with Crippen LogP contribution in [0.15, 0.2) is 12.1 Å². The van der Waals surface area contributed by atoms with E-state index in [4.69, 9.17) is 11.6 Å². The van der Waals surface area contributed by atoms with Crippen molar-refractivity contribution in [3.8, 4) is 0 Å². The molecule has 0 bridgehead atoms. The van der Waals surface area contributed by atoms with E-state index in [9.17, 15) is 8.42 Å². The predicted octanol–water partition coefficient (Wildman–Crippen LogP) is 2.38. The third-order valence-electron chi connectivity index (χ3n) is 2.35. The molecule has 0 saturated heterocycles. The van der Waals surface area contributed by atoms with Crippen LogP contribution in [0, 0.1) is 0 Å². The van der Waals surface area contributed by atoms with Crippen molar-refractivity contribution < 1.29 is 8.42 Å². The molecule has 0 fully saturated rings. The monoisotopic (exact) mass is 310 g/mol. The van der Waals surface area contributed by atoms with Gasteiger partial charge in [-0.1, -0.05) is 18.5 Å². The Hall–Kier alpha value is -0.140. The Labute approximate surface area is 118 Å². The lowest BCUT2D eigenvalue weighted by molar-refractivity contribution is 0.564. The molecule has 104 valence electrons. The first-order valence-corrected chi connectivity index (χ1v) is 8.75. The SMILES string of the molecule is CCCNCCS(=O)(=O)NC(C)c1ccc(Cl)s1. The maximum atomic E-state index is 11.8. The minimum atomic E-state index is -3.25. The topological polar surface area (TPSA) is 58.2 Å². The lowest BCUT2D eigenvalue weighted by Crippen LogP contribution is -2.33. The average Bonchev–Trinajstić information content (AvgIpc) is 2.71. The average molecular weight is 311 g/mol. The van der Waals surface area contributed by atoms with Gasteiger partial charge in [0.1, 0.15) is 0 Å². The Morgan fingerprint density at radius 1 is 1.39 bits per heavy atom. The van der Waals surface area contributed by atoms with Crippen molar-refractivity contribution in [1.29, 1.82) is 0 Å². The molecule has 0 aromatic carbocycles. The zero-order valence-corrected chi connectivity index (χ0v) is 13.0. The van der Waals surface area contributed by atoms with Gasteiger partial charge in [-0.3, -0.25) is 0 Å². The maximum absolute atomic E-state index is 11.8. The second kappa shape index (κ2) is 7.45. The molecular weight excluding hydrogens is 292 g/mol. The molecule has 0 aliphatic rings. The quantitative estimate of drug-likeness (QED) is 0.725. The lowest BCUT2D eigenvalue weighted by Gasteiger charge is -2.12. The van der Waals surface area contributed by atoms with E-state index in [2.05, 4.69) is 10.0 Å². The van der Waals surface area contributed by atoms with Crippen LogP contribution in [0.25, 0.3) is 0 Å². The standard InChI is InChI=1S/C11H19ClN2O2S2/c1-3-6-13-7-8-18(15,16)14-9(2)10-4-5-11(12)17-10/h4-5,9,13-14H,3,6-8H2,1-2H3. The molecule has 1 heterocycles. The summed E-state index contributed by atoms with van der Waals surface area (Å²) in [7, 11) is -3.25. The van der Waals surface area contributed by atoms with Crippen molar-refractivity contribution in [3.63, 3.8) is 0 Å². The summed E-state index contributed by atoms with van der Waals surface area (Å²) in [6, 6.07) is 3.38. The van der Waals surface area contributed by atoms with Crippen LogP contribution in [0.3, 0.4) is 0 Å². The second-order valence-corrected chi connectivity index (χ2v) is 7.67. The number of hydrogen-bond donors (Lipinski definition) is 2. The first-order chi connectivity index (χ1) is 8.44. The van der Waals surface area contributed by atoms with Crippen molar-refractivity contribution in [2.24, 2.45) is 0 Å². The molecule has 0 saturated carbocycles. The van der Waals surface area contributed by atoms with E-state index < -0.39 is 10.0 Å². The van der Waals surface area contributed by atoms with Crippen LogP contribution in [0.4, 0.5) is 0 Å². The van der Waals surface area contributed by atoms with Gasteiger partial charge in [-0.15, -0.1) is 11.3 Å². The Balaban J connectivity index is 2.44. The Morgan fingerprint density at radius 2 is 2.11 bits per heavy atom. The van der Waals surface area contributed by atoms with Crippen molar-refractivity contribution in [1.82, 2.24) is 10.0 Å². The summed E-state index contributed by atoms with van der Waals surface area (Å²) in [4.78, 5) is 0.921. The second-order valence-electron chi connectivity index (χ2n) is 4.05. The third-order valence-corrected chi connectivity index (χ3v) is 5.22. The van der Waals surface area contributed by atoms with Gasteiger partial charge in [0.05, 0.1) is 16.1 Å². The van der Waals surface area contributed by atoms with Crippen LogP contribution < -0.4 is 10.0 Å². The normalized spacial score (nSPS) is 13.7. The smallest absolute Gasteiger partial charge is 0.213 e. The van der Waals surface area contributed by atoms with Gasteiger partial charge >= 0.3 is 0 Å². The molecule has 0 amide bonds. The number of halogens is 1. The van der Waals surface area contributed by atoms with E-state index in [1.54, 1.807) is 6.07 Å². The number of thiophene rings is 1. The summed E-state index contributed by atoms with van der Waals surface area (Å²) in [5, 5.41) is 3.07. The van der Waals surface area contributed by atoms with E-state index in [1.165, 1.54) is 11.3 Å². The molecule has 1 atom stereocenters. The molecule has 1 rings (SSSR count). The van der Waals surface area contributed by atoms with Crippen LogP contribution >= 0.6 is 22.9 Å². The summed E-state index contributed by atoms with van der Waals surface area (Å²) >= 11 is 7.22. The minimum absolute atomic E-state index is 0.0937.